The van der Waals surface area contributed by atoms with Crippen LogP contribution in [0.4, 0.5) is 0 Å². The van der Waals surface area contributed by atoms with E-state index in [4.69, 9.17) is 28.4 Å². The number of carbonyl (C=O) groups is 2. The highest BCUT2D eigenvalue weighted by Gasteiger charge is 2.54. The molecular weight excluding hydrogens is 636 g/mol. The van der Waals surface area contributed by atoms with Crippen LogP contribution in [0.2, 0.25) is 0 Å². The van der Waals surface area contributed by atoms with Gasteiger partial charge in [0.15, 0.2) is 18.9 Å². The lowest BCUT2D eigenvalue weighted by atomic mass is 9.95. The maximum absolute atomic E-state index is 12.0. The van der Waals surface area contributed by atoms with Crippen LogP contribution in [0.3, 0.4) is 0 Å². The first-order valence-corrected chi connectivity index (χ1v) is 15.7. The lowest BCUT2D eigenvalue weighted by molar-refractivity contribution is -0.376. The van der Waals surface area contributed by atoms with Crippen LogP contribution in [-0.2, 0) is 38.0 Å². The molecular formula is C28H50N2O17. The Morgan fingerprint density at radius 2 is 1.26 bits per heavy atom. The van der Waals surface area contributed by atoms with Gasteiger partial charge in [-0.05, 0) is 12.8 Å². The van der Waals surface area contributed by atoms with Gasteiger partial charge < -0.3 is 85.0 Å². The SMILES string of the molecule is CCCCC(=O)NCCCO[C@@H]1OC(CO)[C@H](O[C@H]2O[C@H](CO)[C@@H](O)C(O[C@@H]3OC(CO)[C@H](O)C(O)[C@H]3O)C2O)C(O)[C@H]1NC(C)=O. The number of aliphatic hydroxyl groups is 9. The summed E-state index contributed by atoms with van der Waals surface area (Å²) < 4.78 is 33.8. The normalized spacial score (nSPS) is 41.0. The Balaban J connectivity index is 1.71. The summed E-state index contributed by atoms with van der Waals surface area (Å²) >= 11 is 0. The van der Waals surface area contributed by atoms with Crippen molar-refractivity contribution in [3.05, 3.63) is 0 Å². The van der Waals surface area contributed by atoms with Gasteiger partial charge in [-0.2, -0.15) is 0 Å². The lowest BCUT2D eigenvalue weighted by Gasteiger charge is -2.48. The number of unbranched alkanes of at least 4 members (excludes halogenated alkanes) is 1. The van der Waals surface area contributed by atoms with E-state index in [1.54, 1.807) is 0 Å². The van der Waals surface area contributed by atoms with E-state index in [1.807, 2.05) is 6.92 Å². The van der Waals surface area contributed by atoms with Gasteiger partial charge in [0, 0.05) is 19.9 Å². The van der Waals surface area contributed by atoms with Crippen molar-refractivity contribution < 1.29 is 84.0 Å². The topological polar surface area (TPSA) is 296 Å². The van der Waals surface area contributed by atoms with Gasteiger partial charge in [-0.15, -0.1) is 0 Å². The molecule has 3 aliphatic rings. The molecule has 2 amide bonds. The molecule has 0 bridgehead atoms. The summed E-state index contributed by atoms with van der Waals surface area (Å²) in [5, 5.41) is 98.5. The standard InChI is InChI=1S/C28H50N2O17/c1-3-4-6-16(35)29-7-5-8-42-26-17(30-12(2)34)20(38)24(15(11-33)45-26)46-28-23(41)25(19(37)14(10-32)44-28)47-27-22(40)21(39)18(36)13(9-31)43-27/h13-15,17-28,31-33,36-41H,3-11H2,1-2H3,(H,29,35)(H,30,34)/t13?,14-,15?,17-,18+,19-,20?,21?,22-,23?,24+,25?,26-,27+,28-/m1/s1. The molecule has 15 atom stereocenters. The molecule has 0 aliphatic carbocycles. The highest BCUT2D eigenvalue weighted by atomic mass is 16.8. The molecule has 0 aromatic heterocycles. The molecule has 3 aliphatic heterocycles. The van der Waals surface area contributed by atoms with Gasteiger partial charge in [-0.25, -0.2) is 0 Å². The Morgan fingerprint density at radius 1 is 0.681 bits per heavy atom. The first-order chi connectivity index (χ1) is 22.4. The monoisotopic (exact) mass is 686 g/mol. The first kappa shape index (κ1) is 39.8. The molecule has 3 saturated heterocycles. The summed E-state index contributed by atoms with van der Waals surface area (Å²) in [6.07, 6.45) is -20.5. The zero-order chi connectivity index (χ0) is 34.8. The average molecular weight is 687 g/mol. The van der Waals surface area contributed by atoms with Crippen LogP contribution in [-0.4, -0.2) is 183 Å². The van der Waals surface area contributed by atoms with Crippen molar-refractivity contribution in [3.8, 4) is 0 Å². The number of aliphatic hydroxyl groups excluding tert-OH is 9. The Labute approximate surface area is 271 Å². The quantitative estimate of drug-likeness (QED) is 0.0674. The first-order valence-electron chi connectivity index (χ1n) is 15.7. The third-order valence-corrected chi connectivity index (χ3v) is 8.16. The predicted octanol–water partition coefficient (Wildman–Crippen LogP) is -5.71. The maximum atomic E-state index is 12.0. The van der Waals surface area contributed by atoms with E-state index in [9.17, 15) is 55.5 Å². The molecule has 0 aromatic rings. The van der Waals surface area contributed by atoms with Gasteiger partial charge in [0.05, 0.1) is 26.4 Å². The summed E-state index contributed by atoms with van der Waals surface area (Å²) in [7, 11) is 0. The molecule has 47 heavy (non-hydrogen) atoms. The zero-order valence-electron chi connectivity index (χ0n) is 26.3. The minimum absolute atomic E-state index is 0.0443. The summed E-state index contributed by atoms with van der Waals surface area (Å²) in [6, 6.07) is -1.25. The minimum atomic E-state index is -1.92. The Kier molecular flexibility index (Phi) is 16.0. The van der Waals surface area contributed by atoms with Crippen molar-refractivity contribution in [1.29, 1.82) is 0 Å². The predicted molar refractivity (Wildman–Crippen MR) is 154 cm³/mol. The van der Waals surface area contributed by atoms with E-state index in [0.717, 1.165) is 12.8 Å². The number of nitrogens with one attached hydrogen (secondary N) is 2. The van der Waals surface area contributed by atoms with Crippen molar-refractivity contribution in [2.45, 2.75) is 132 Å². The number of hydrogen-bond acceptors (Lipinski definition) is 17. The summed E-state index contributed by atoms with van der Waals surface area (Å²) in [6.45, 7) is 1.18. The molecule has 6 unspecified atom stereocenters. The molecule has 0 radical (unpaired) electrons. The van der Waals surface area contributed by atoms with Crippen LogP contribution < -0.4 is 10.6 Å². The lowest BCUT2D eigenvalue weighted by Crippen LogP contribution is -2.68. The van der Waals surface area contributed by atoms with Gasteiger partial charge >= 0.3 is 0 Å². The fourth-order valence-electron chi connectivity index (χ4n) is 5.51. The van der Waals surface area contributed by atoms with Crippen molar-refractivity contribution in [2.24, 2.45) is 0 Å². The van der Waals surface area contributed by atoms with E-state index >= 15 is 0 Å². The van der Waals surface area contributed by atoms with Crippen LogP contribution in [0, 0.1) is 0 Å². The Hall–Kier alpha value is -1.66. The van der Waals surface area contributed by atoms with E-state index in [-0.39, 0.29) is 12.5 Å². The zero-order valence-corrected chi connectivity index (χ0v) is 26.3. The van der Waals surface area contributed by atoms with Crippen LogP contribution in [0.15, 0.2) is 0 Å². The second kappa shape index (κ2) is 18.9. The second-order valence-electron chi connectivity index (χ2n) is 11.7. The molecule has 274 valence electrons. The average Bonchev–Trinajstić information content (AvgIpc) is 3.05. The highest BCUT2D eigenvalue weighted by Crippen LogP contribution is 2.32. The Bertz CT molecular complexity index is 964. The van der Waals surface area contributed by atoms with E-state index in [0.29, 0.717) is 19.4 Å². The van der Waals surface area contributed by atoms with Crippen LogP contribution in [0.25, 0.3) is 0 Å². The minimum Gasteiger partial charge on any atom is -0.394 e. The number of carbonyl (C=O) groups excluding carboxylic acids is 2. The summed E-state index contributed by atoms with van der Waals surface area (Å²) in [5.41, 5.74) is 0. The highest BCUT2D eigenvalue weighted by molar-refractivity contribution is 5.75. The molecule has 19 nitrogen and oxygen atoms in total. The van der Waals surface area contributed by atoms with E-state index in [1.165, 1.54) is 6.92 Å². The van der Waals surface area contributed by atoms with E-state index < -0.39 is 118 Å². The second-order valence-corrected chi connectivity index (χ2v) is 11.7. The largest absolute Gasteiger partial charge is 0.394 e. The van der Waals surface area contributed by atoms with E-state index in [2.05, 4.69) is 10.6 Å². The maximum Gasteiger partial charge on any atom is 0.219 e. The fourth-order valence-corrected chi connectivity index (χ4v) is 5.51. The van der Waals surface area contributed by atoms with Gasteiger partial charge in [-0.3, -0.25) is 9.59 Å². The van der Waals surface area contributed by atoms with Gasteiger partial charge in [-0.1, -0.05) is 13.3 Å². The number of hydrogen-bond donors (Lipinski definition) is 11. The van der Waals surface area contributed by atoms with Crippen molar-refractivity contribution in [3.63, 3.8) is 0 Å². The van der Waals surface area contributed by atoms with Crippen molar-refractivity contribution in [2.75, 3.05) is 33.0 Å². The smallest absolute Gasteiger partial charge is 0.219 e. The molecule has 0 spiro atoms. The molecule has 3 fully saturated rings. The van der Waals surface area contributed by atoms with Crippen LogP contribution >= 0.6 is 0 Å². The van der Waals surface area contributed by atoms with Crippen molar-refractivity contribution >= 4 is 11.8 Å². The third kappa shape index (κ3) is 10.2. The molecule has 3 rings (SSSR count). The van der Waals surface area contributed by atoms with Crippen LogP contribution in [0.1, 0.15) is 39.5 Å². The molecule has 0 saturated carbocycles. The summed E-state index contributed by atoms with van der Waals surface area (Å²) in [4.78, 5) is 23.8. The molecule has 11 N–H and O–H groups in total. The molecule has 0 aromatic carbocycles. The Morgan fingerprint density at radius 3 is 1.85 bits per heavy atom. The number of ether oxygens (including phenoxy) is 6. The number of rotatable bonds is 16. The van der Waals surface area contributed by atoms with Gasteiger partial charge in [0.2, 0.25) is 11.8 Å². The molecule has 19 heteroatoms. The van der Waals surface area contributed by atoms with Gasteiger partial charge in [0.1, 0.15) is 73.2 Å². The van der Waals surface area contributed by atoms with Crippen LogP contribution in [0.5, 0.6) is 0 Å². The molecule has 3 heterocycles. The number of amides is 2. The fraction of sp³-hybridized carbons (Fsp3) is 0.929. The van der Waals surface area contributed by atoms with Crippen molar-refractivity contribution in [1.82, 2.24) is 10.6 Å². The summed E-state index contributed by atoms with van der Waals surface area (Å²) in [5.74, 6) is -0.669. The van der Waals surface area contributed by atoms with Gasteiger partial charge in [0.25, 0.3) is 0 Å². The third-order valence-electron chi connectivity index (χ3n) is 8.16.